The molecule has 2 aromatic rings. The van der Waals surface area contributed by atoms with E-state index in [9.17, 15) is 0 Å². The average molecular weight is 416 g/mol. The minimum atomic E-state index is 0.537. The van der Waals surface area contributed by atoms with Crippen LogP contribution >= 0.6 is 8.58 Å². The van der Waals surface area contributed by atoms with E-state index in [1.807, 2.05) is 37.3 Å². The van der Waals surface area contributed by atoms with Crippen molar-refractivity contribution < 1.29 is 0 Å². The van der Waals surface area contributed by atoms with E-state index in [4.69, 9.17) is 5.73 Å². The van der Waals surface area contributed by atoms with Gasteiger partial charge in [0.15, 0.2) is 0 Å². The minimum absolute atomic E-state index is 0.537. The van der Waals surface area contributed by atoms with Gasteiger partial charge in [0.1, 0.15) is 0 Å². The molecule has 0 aliphatic rings. The molecule has 0 aliphatic carbocycles. The second kappa shape index (κ2) is 13.4. The highest BCUT2D eigenvalue weighted by atomic mass is 31.1. The predicted molar refractivity (Wildman–Crippen MR) is 142 cm³/mol. The molecule has 30 heavy (non-hydrogen) atoms. The Kier molecular flexibility index (Phi) is 11.2. The van der Waals surface area contributed by atoms with Gasteiger partial charge in [0.2, 0.25) is 0 Å². The van der Waals surface area contributed by atoms with E-state index in [1.165, 1.54) is 27.6 Å². The fourth-order valence-electron chi connectivity index (χ4n) is 2.68. The Balaban J connectivity index is 0.000000479. The molecule has 2 heteroatoms. The fourth-order valence-corrected chi connectivity index (χ4v) is 3.84. The lowest BCUT2D eigenvalue weighted by Crippen LogP contribution is -1.99. The normalized spacial score (nSPS) is 11.7. The van der Waals surface area contributed by atoms with Crippen LogP contribution in [0.2, 0.25) is 0 Å². The maximum Gasteiger partial charge on any atom is 0.0388 e. The van der Waals surface area contributed by atoms with Crippen LogP contribution in [0.3, 0.4) is 0 Å². The first-order chi connectivity index (χ1) is 14.3. The largest absolute Gasteiger partial charge is 0.398 e. The van der Waals surface area contributed by atoms with E-state index in [1.54, 1.807) is 12.2 Å². The highest BCUT2D eigenvalue weighted by Gasteiger charge is 2.06. The zero-order valence-electron chi connectivity index (χ0n) is 18.7. The number of allylic oxidation sites excluding steroid dienone is 7. The van der Waals surface area contributed by atoms with Gasteiger partial charge in [0.05, 0.1) is 0 Å². The lowest BCUT2D eigenvalue weighted by molar-refractivity contribution is 1.37. The Morgan fingerprint density at radius 3 is 2.30 bits per heavy atom. The summed E-state index contributed by atoms with van der Waals surface area (Å²) in [6, 6.07) is 12.7. The zero-order chi connectivity index (χ0) is 22.5. The van der Waals surface area contributed by atoms with Gasteiger partial charge < -0.3 is 5.73 Å². The monoisotopic (exact) mass is 415 g/mol. The molecule has 1 nitrogen and oxygen atoms in total. The van der Waals surface area contributed by atoms with Crippen LogP contribution < -0.4 is 11.0 Å². The third kappa shape index (κ3) is 8.64. The van der Waals surface area contributed by atoms with Crippen LogP contribution in [0.15, 0.2) is 98.2 Å². The third-order valence-electron chi connectivity index (χ3n) is 4.45. The quantitative estimate of drug-likeness (QED) is 0.279. The molecule has 1 unspecified atom stereocenters. The lowest BCUT2D eigenvalue weighted by atomic mass is 10.1. The minimum Gasteiger partial charge on any atom is -0.398 e. The summed E-state index contributed by atoms with van der Waals surface area (Å²) >= 11 is 0. The van der Waals surface area contributed by atoms with Crippen molar-refractivity contribution in [3.63, 3.8) is 0 Å². The van der Waals surface area contributed by atoms with Crippen LogP contribution in [0, 0.1) is 13.8 Å². The van der Waals surface area contributed by atoms with Crippen LogP contribution in [-0.2, 0) is 0 Å². The van der Waals surface area contributed by atoms with Crippen LogP contribution in [0.25, 0.3) is 11.4 Å². The smallest absolute Gasteiger partial charge is 0.0388 e. The van der Waals surface area contributed by atoms with Crippen molar-refractivity contribution in [3.8, 4) is 0 Å². The van der Waals surface area contributed by atoms with Gasteiger partial charge in [-0.3, -0.25) is 0 Å². The molecule has 156 valence electrons. The Morgan fingerprint density at radius 1 is 1.00 bits per heavy atom. The summed E-state index contributed by atoms with van der Waals surface area (Å²) in [7, 11) is 0.537. The molecule has 2 aromatic carbocycles. The van der Waals surface area contributed by atoms with Gasteiger partial charge in [-0.15, -0.1) is 0 Å². The summed E-state index contributed by atoms with van der Waals surface area (Å²) in [5, 5.41) is 2.39. The number of nitrogens with two attached hydrogens (primary N) is 1. The van der Waals surface area contributed by atoms with Gasteiger partial charge >= 0.3 is 0 Å². The molecule has 2 rings (SSSR count). The van der Waals surface area contributed by atoms with Crippen LogP contribution in [0.5, 0.6) is 0 Å². The van der Waals surface area contributed by atoms with Gasteiger partial charge in [-0.1, -0.05) is 106 Å². The third-order valence-corrected chi connectivity index (χ3v) is 5.62. The molecule has 0 radical (unpaired) electrons. The van der Waals surface area contributed by atoms with Crippen LogP contribution in [0.1, 0.15) is 36.1 Å². The molecule has 0 saturated heterocycles. The van der Waals surface area contributed by atoms with Gasteiger partial charge in [-0.2, -0.15) is 0 Å². The first-order valence-electron chi connectivity index (χ1n) is 9.96. The van der Waals surface area contributed by atoms with E-state index >= 15 is 0 Å². The SMILES string of the molecule is C=C/C=C\C(C)=C/C.C=C/C=C\c1cc(PC(=C)c2ccc(C)cc2C)ccc1N. The van der Waals surface area contributed by atoms with Crippen molar-refractivity contribution in [3.05, 3.63) is 120 Å². The van der Waals surface area contributed by atoms with E-state index in [0.717, 1.165) is 16.6 Å². The van der Waals surface area contributed by atoms with Crippen LogP contribution in [-0.4, -0.2) is 0 Å². The molecular weight excluding hydrogens is 381 g/mol. The van der Waals surface area contributed by atoms with Crippen molar-refractivity contribution in [1.29, 1.82) is 0 Å². The maximum absolute atomic E-state index is 6.01. The van der Waals surface area contributed by atoms with Crippen molar-refractivity contribution in [1.82, 2.24) is 0 Å². The molecule has 0 bridgehead atoms. The molecule has 0 aromatic heterocycles. The molecule has 0 fully saturated rings. The lowest BCUT2D eigenvalue weighted by Gasteiger charge is -2.11. The standard InChI is InChI=1S/C20H22NP.C8H12/c1-5-6-7-17-13-18(9-11-20(17)21)22-16(4)19-10-8-14(2)12-15(19)3;1-4-6-7-8(3)5-2/h5-13,22H,1,4,21H2,2-3H3;4-7H,1H2,2-3H3/b7-6-;7-6-,8-5-. The Bertz CT molecular complexity index is 974. The van der Waals surface area contributed by atoms with Gasteiger partial charge in [-0.25, -0.2) is 0 Å². The van der Waals surface area contributed by atoms with Gasteiger partial charge in [0, 0.05) is 5.69 Å². The Labute approximate surface area is 184 Å². The summed E-state index contributed by atoms with van der Waals surface area (Å²) in [5.74, 6) is 0. The zero-order valence-corrected chi connectivity index (χ0v) is 19.7. The highest BCUT2D eigenvalue weighted by Crippen LogP contribution is 2.34. The molecule has 0 aliphatic heterocycles. The maximum atomic E-state index is 6.01. The van der Waals surface area contributed by atoms with Crippen molar-refractivity contribution in [2.75, 3.05) is 5.73 Å². The summed E-state index contributed by atoms with van der Waals surface area (Å²) in [6.45, 7) is 19.8. The Hall–Kier alpha value is -2.89. The summed E-state index contributed by atoms with van der Waals surface area (Å²) in [4.78, 5) is 0. The Morgan fingerprint density at radius 2 is 1.70 bits per heavy atom. The van der Waals surface area contributed by atoms with E-state index < -0.39 is 0 Å². The van der Waals surface area contributed by atoms with E-state index in [-0.39, 0.29) is 0 Å². The first kappa shape index (κ1) is 25.1. The molecule has 0 heterocycles. The number of anilines is 1. The second-order valence-electron chi connectivity index (χ2n) is 6.99. The van der Waals surface area contributed by atoms with E-state index in [2.05, 4.69) is 76.9 Å². The molecule has 0 spiro atoms. The molecule has 0 saturated carbocycles. The topological polar surface area (TPSA) is 26.0 Å². The summed E-state index contributed by atoms with van der Waals surface area (Å²) in [5.41, 5.74) is 12.9. The molecular formula is C28H34NP. The second-order valence-corrected chi connectivity index (χ2v) is 8.42. The van der Waals surface area contributed by atoms with Crippen LogP contribution in [0.4, 0.5) is 5.69 Å². The van der Waals surface area contributed by atoms with Crippen molar-refractivity contribution >= 4 is 31.0 Å². The molecule has 2 N–H and O–H groups in total. The number of nitrogen functional groups attached to an aromatic ring is 1. The predicted octanol–water partition coefficient (Wildman–Crippen LogP) is 7.75. The molecule has 1 atom stereocenters. The van der Waals surface area contributed by atoms with Gasteiger partial charge in [-0.05, 0) is 67.1 Å². The van der Waals surface area contributed by atoms with E-state index in [0.29, 0.717) is 8.58 Å². The number of hydrogen-bond donors (Lipinski definition) is 1. The number of hydrogen-bond acceptors (Lipinski definition) is 1. The van der Waals surface area contributed by atoms with Crippen molar-refractivity contribution in [2.45, 2.75) is 27.7 Å². The number of benzene rings is 2. The summed E-state index contributed by atoms with van der Waals surface area (Å²) < 4.78 is 0. The van der Waals surface area contributed by atoms with Crippen molar-refractivity contribution in [2.24, 2.45) is 0 Å². The number of rotatable bonds is 7. The molecule has 0 amide bonds. The number of aryl methyl sites for hydroxylation is 2. The highest BCUT2D eigenvalue weighted by molar-refractivity contribution is 7.58. The fraction of sp³-hybridized carbons (Fsp3) is 0.143. The first-order valence-corrected chi connectivity index (χ1v) is 11.0. The summed E-state index contributed by atoms with van der Waals surface area (Å²) in [6.07, 6.45) is 13.4. The average Bonchev–Trinajstić information content (AvgIpc) is 2.72. The van der Waals surface area contributed by atoms with Gasteiger partial charge in [0.25, 0.3) is 0 Å².